The zero-order chi connectivity index (χ0) is 20.4. The van der Waals surface area contributed by atoms with E-state index in [1.165, 1.54) is 6.26 Å². The number of amides is 1. The summed E-state index contributed by atoms with van der Waals surface area (Å²) in [5.41, 5.74) is 7.70. The number of anilines is 1. The Morgan fingerprint density at radius 1 is 1.41 bits per heavy atom. The van der Waals surface area contributed by atoms with Crippen LogP contribution in [0, 0.1) is 6.92 Å². The molecule has 1 aliphatic rings. The lowest BCUT2D eigenvalue weighted by atomic mass is 10.1. The molecule has 4 rings (SSSR count). The molecule has 4 N–H and O–H groups in total. The summed E-state index contributed by atoms with van der Waals surface area (Å²) in [6.45, 7) is 3.14. The summed E-state index contributed by atoms with van der Waals surface area (Å²) in [4.78, 5) is 20.3. The van der Waals surface area contributed by atoms with Crippen LogP contribution in [0.3, 0.4) is 0 Å². The number of nitrogens with zero attached hydrogens (tertiary/aromatic N) is 4. The van der Waals surface area contributed by atoms with E-state index in [0.717, 1.165) is 24.1 Å². The van der Waals surface area contributed by atoms with Gasteiger partial charge < -0.3 is 25.3 Å². The lowest BCUT2D eigenvalue weighted by molar-refractivity contribution is 0.0661. The van der Waals surface area contributed by atoms with Crippen LogP contribution < -0.4 is 11.1 Å². The van der Waals surface area contributed by atoms with Crippen molar-refractivity contribution < 1.29 is 19.1 Å². The summed E-state index contributed by atoms with van der Waals surface area (Å²) in [5, 5.41) is 17.7. The van der Waals surface area contributed by atoms with Crippen molar-refractivity contribution in [2.24, 2.45) is 5.73 Å². The van der Waals surface area contributed by atoms with E-state index in [0.29, 0.717) is 24.8 Å². The first-order valence-corrected chi connectivity index (χ1v) is 9.31. The third-order valence-corrected chi connectivity index (χ3v) is 4.77. The summed E-state index contributed by atoms with van der Waals surface area (Å²) >= 11 is 0. The zero-order valence-electron chi connectivity index (χ0n) is 15.9. The van der Waals surface area contributed by atoms with E-state index in [4.69, 9.17) is 14.9 Å². The predicted octanol–water partition coefficient (Wildman–Crippen LogP) is 1.79. The van der Waals surface area contributed by atoms with Crippen molar-refractivity contribution >= 4 is 11.6 Å². The molecule has 0 saturated carbocycles. The first-order valence-electron chi connectivity index (χ1n) is 9.31. The molecule has 0 spiro atoms. The molecule has 1 aliphatic heterocycles. The molecule has 1 atom stereocenters. The predicted molar refractivity (Wildman–Crippen MR) is 103 cm³/mol. The van der Waals surface area contributed by atoms with Gasteiger partial charge in [-0.15, -0.1) is 0 Å². The fraction of sp³-hybridized carbons (Fsp3) is 0.368. The van der Waals surface area contributed by atoms with Gasteiger partial charge in [0.05, 0.1) is 11.7 Å². The van der Waals surface area contributed by atoms with E-state index in [2.05, 4.69) is 20.4 Å². The standard InChI is InChI=1S/C19H22N6O4/c1-11-8-12(2-5-21-11)19-23-15(10-29-19)18(27)22-14-9-25(24-16(14)17(20)26)13-3-6-28-7-4-13/h2,5,8-10,13,18,22,27H,3-4,6-7H2,1H3,(H2,20,26). The summed E-state index contributed by atoms with van der Waals surface area (Å²) in [5.74, 6) is -0.321. The normalized spacial score (nSPS) is 15.9. The number of aliphatic hydroxyl groups excluding tert-OH is 1. The minimum absolute atomic E-state index is 0.0593. The monoisotopic (exact) mass is 398 g/mol. The smallest absolute Gasteiger partial charge is 0.271 e. The molecule has 0 aliphatic carbocycles. The number of carbonyl (C=O) groups excluding carboxylic acids is 1. The SMILES string of the molecule is Cc1cc(-c2nc(C(O)Nc3cn(C4CCOCC4)nc3C(N)=O)co2)ccn1. The van der Waals surface area contributed by atoms with Crippen LogP contribution in [0.2, 0.25) is 0 Å². The number of nitrogens with one attached hydrogen (secondary N) is 1. The molecule has 152 valence electrons. The lowest BCUT2D eigenvalue weighted by Crippen LogP contribution is -2.21. The quantitative estimate of drug-likeness (QED) is 0.534. The number of aromatic nitrogens is 4. The van der Waals surface area contributed by atoms with Crippen LogP contribution in [0.5, 0.6) is 0 Å². The number of nitrogens with two attached hydrogens (primary N) is 1. The van der Waals surface area contributed by atoms with Crippen LogP contribution >= 0.6 is 0 Å². The molecule has 3 aromatic rings. The van der Waals surface area contributed by atoms with Gasteiger partial charge in [0.1, 0.15) is 12.0 Å². The molecule has 1 unspecified atom stereocenters. The summed E-state index contributed by atoms with van der Waals surface area (Å²) in [6.07, 6.45) is 5.07. The molecule has 3 aromatic heterocycles. The molecule has 1 amide bonds. The van der Waals surface area contributed by atoms with E-state index >= 15 is 0 Å². The Morgan fingerprint density at radius 2 is 2.21 bits per heavy atom. The third-order valence-electron chi connectivity index (χ3n) is 4.77. The van der Waals surface area contributed by atoms with Crippen molar-refractivity contribution in [3.05, 3.63) is 47.9 Å². The molecular formula is C19H22N6O4. The molecule has 10 heteroatoms. The summed E-state index contributed by atoms with van der Waals surface area (Å²) in [6, 6.07) is 3.72. The van der Waals surface area contributed by atoms with Crippen LogP contribution in [-0.4, -0.2) is 44.0 Å². The topological polar surface area (TPSA) is 141 Å². The van der Waals surface area contributed by atoms with Gasteiger partial charge in [-0.1, -0.05) is 0 Å². The Hall–Kier alpha value is -3.24. The number of hydrogen-bond donors (Lipinski definition) is 3. The zero-order valence-corrected chi connectivity index (χ0v) is 15.9. The average Bonchev–Trinajstić information content (AvgIpc) is 3.36. The van der Waals surface area contributed by atoms with Gasteiger partial charge in [-0.05, 0) is 31.9 Å². The Balaban J connectivity index is 1.54. The van der Waals surface area contributed by atoms with Gasteiger partial charge in [-0.25, -0.2) is 4.98 Å². The van der Waals surface area contributed by atoms with E-state index < -0.39 is 12.1 Å². The second-order valence-electron chi connectivity index (χ2n) is 6.89. The second-order valence-corrected chi connectivity index (χ2v) is 6.89. The molecule has 4 heterocycles. The van der Waals surface area contributed by atoms with Gasteiger partial charge in [0.15, 0.2) is 11.9 Å². The van der Waals surface area contributed by atoms with Crippen LogP contribution in [-0.2, 0) is 4.74 Å². The fourth-order valence-electron chi connectivity index (χ4n) is 3.26. The highest BCUT2D eigenvalue weighted by molar-refractivity contribution is 5.96. The van der Waals surface area contributed by atoms with Gasteiger partial charge in [0.2, 0.25) is 5.89 Å². The first kappa shape index (κ1) is 19.1. The molecule has 0 radical (unpaired) electrons. The molecule has 29 heavy (non-hydrogen) atoms. The second kappa shape index (κ2) is 8.02. The van der Waals surface area contributed by atoms with Gasteiger partial charge in [0.25, 0.3) is 5.91 Å². The molecule has 0 aromatic carbocycles. The Kier molecular flexibility index (Phi) is 5.28. The lowest BCUT2D eigenvalue weighted by Gasteiger charge is -2.22. The Labute approximate surface area is 166 Å². The maximum Gasteiger partial charge on any atom is 0.271 e. The van der Waals surface area contributed by atoms with E-state index in [-0.39, 0.29) is 17.4 Å². The molecule has 1 fully saturated rings. The van der Waals surface area contributed by atoms with E-state index in [1.54, 1.807) is 23.1 Å². The van der Waals surface area contributed by atoms with Crippen molar-refractivity contribution in [1.29, 1.82) is 0 Å². The highest BCUT2D eigenvalue weighted by Gasteiger charge is 2.23. The highest BCUT2D eigenvalue weighted by atomic mass is 16.5. The number of aliphatic hydroxyl groups is 1. The number of primary amides is 1. The molecule has 10 nitrogen and oxygen atoms in total. The Morgan fingerprint density at radius 3 is 2.93 bits per heavy atom. The summed E-state index contributed by atoms with van der Waals surface area (Å²) < 4.78 is 12.5. The number of carbonyl (C=O) groups is 1. The van der Waals surface area contributed by atoms with Gasteiger partial charge in [0, 0.05) is 36.9 Å². The molecular weight excluding hydrogens is 376 g/mol. The van der Waals surface area contributed by atoms with Gasteiger partial charge >= 0.3 is 0 Å². The van der Waals surface area contributed by atoms with Crippen LogP contribution in [0.25, 0.3) is 11.5 Å². The number of hydrogen-bond acceptors (Lipinski definition) is 8. The van der Waals surface area contributed by atoms with Crippen molar-refractivity contribution in [1.82, 2.24) is 19.7 Å². The minimum Gasteiger partial charge on any atom is -0.444 e. The number of ether oxygens (including phenoxy) is 1. The van der Waals surface area contributed by atoms with Crippen molar-refractivity contribution in [2.45, 2.75) is 32.0 Å². The minimum atomic E-state index is -1.21. The van der Waals surface area contributed by atoms with Crippen LogP contribution in [0.1, 0.15) is 47.0 Å². The van der Waals surface area contributed by atoms with Crippen LogP contribution in [0.15, 0.2) is 35.2 Å². The summed E-state index contributed by atoms with van der Waals surface area (Å²) in [7, 11) is 0. The van der Waals surface area contributed by atoms with Crippen molar-refractivity contribution in [3.8, 4) is 11.5 Å². The van der Waals surface area contributed by atoms with Gasteiger partial charge in [-0.3, -0.25) is 14.5 Å². The maximum absolute atomic E-state index is 11.8. The average molecular weight is 398 g/mol. The maximum atomic E-state index is 11.8. The fourth-order valence-corrected chi connectivity index (χ4v) is 3.26. The van der Waals surface area contributed by atoms with E-state index in [1.807, 2.05) is 13.0 Å². The Bertz CT molecular complexity index is 1010. The van der Waals surface area contributed by atoms with Crippen molar-refractivity contribution in [3.63, 3.8) is 0 Å². The van der Waals surface area contributed by atoms with E-state index in [9.17, 15) is 9.90 Å². The van der Waals surface area contributed by atoms with Crippen molar-refractivity contribution in [2.75, 3.05) is 18.5 Å². The number of pyridine rings is 1. The van der Waals surface area contributed by atoms with Gasteiger partial charge in [-0.2, -0.15) is 5.10 Å². The molecule has 0 bridgehead atoms. The molecule has 1 saturated heterocycles. The first-order chi connectivity index (χ1) is 14.0. The number of aryl methyl sites for hydroxylation is 1. The third kappa shape index (κ3) is 4.13. The largest absolute Gasteiger partial charge is 0.444 e. The van der Waals surface area contributed by atoms with Crippen LogP contribution in [0.4, 0.5) is 5.69 Å². The highest BCUT2D eigenvalue weighted by Crippen LogP contribution is 2.27. The number of rotatable bonds is 6. The number of oxazole rings is 1.